The summed E-state index contributed by atoms with van der Waals surface area (Å²) >= 11 is 2.03. The maximum atomic E-state index is 2.71. The first kappa shape index (κ1) is 44.9. The van der Waals surface area contributed by atoms with E-state index in [9.17, 15) is 0 Å². The molecule has 0 saturated heterocycles. The van der Waals surface area contributed by atoms with Crippen molar-refractivity contribution in [1.29, 1.82) is 0 Å². The van der Waals surface area contributed by atoms with E-state index in [4.69, 9.17) is 0 Å². The quantitative estimate of drug-likeness (QED) is 0.160. The first-order valence-electron chi connectivity index (χ1n) is 24.1. The molecule has 4 heteroatoms. The summed E-state index contributed by atoms with van der Waals surface area (Å²) in [5.74, 6) is 0. The molecule has 2 nitrogen and oxygen atoms in total. The van der Waals surface area contributed by atoms with Crippen molar-refractivity contribution in [1.82, 2.24) is 0 Å². The summed E-state index contributed by atoms with van der Waals surface area (Å²) in [7, 11) is 0. The van der Waals surface area contributed by atoms with Crippen molar-refractivity contribution in [3.05, 3.63) is 123 Å². The van der Waals surface area contributed by atoms with Crippen LogP contribution in [0.4, 0.5) is 34.1 Å². The van der Waals surface area contributed by atoms with Crippen LogP contribution >= 0.6 is 11.3 Å². The Morgan fingerprint density at radius 3 is 1.39 bits per heavy atom. The number of anilines is 6. The summed E-state index contributed by atoms with van der Waals surface area (Å²) < 4.78 is 2.81. The van der Waals surface area contributed by atoms with Gasteiger partial charge in [0.2, 0.25) is 0 Å². The van der Waals surface area contributed by atoms with E-state index in [2.05, 4.69) is 227 Å². The molecule has 1 aromatic heterocycles. The van der Waals surface area contributed by atoms with Gasteiger partial charge in [-0.25, -0.2) is 0 Å². The number of benzene rings is 5. The monoisotopic (exact) mass is 867 g/mol. The number of aryl methyl sites for hydroxylation is 1. The summed E-state index contributed by atoms with van der Waals surface area (Å²) in [6.07, 6.45) is 1.13. The van der Waals surface area contributed by atoms with Gasteiger partial charge in [-0.2, -0.15) is 0 Å². The van der Waals surface area contributed by atoms with Gasteiger partial charge < -0.3 is 9.80 Å². The third-order valence-corrected chi connectivity index (χ3v) is 16.2. The van der Waals surface area contributed by atoms with Gasteiger partial charge in [0.25, 0.3) is 6.71 Å². The zero-order valence-corrected chi connectivity index (χ0v) is 43.9. The summed E-state index contributed by atoms with van der Waals surface area (Å²) in [4.78, 5) is 5.41. The van der Waals surface area contributed by atoms with Gasteiger partial charge in [-0.1, -0.05) is 156 Å². The minimum absolute atomic E-state index is 0.0140. The van der Waals surface area contributed by atoms with E-state index < -0.39 is 0 Å². The molecule has 6 aromatic rings. The predicted octanol–water partition coefficient (Wildman–Crippen LogP) is 15.7. The Labute approximate surface area is 392 Å². The van der Waals surface area contributed by atoms with Crippen molar-refractivity contribution in [2.24, 2.45) is 0 Å². The Bertz CT molecular complexity index is 2840. The van der Waals surface area contributed by atoms with E-state index in [1.807, 2.05) is 11.3 Å². The van der Waals surface area contributed by atoms with E-state index in [-0.39, 0.29) is 44.6 Å². The van der Waals surface area contributed by atoms with Crippen LogP contribution in [0.15, 0.2) is 78.9 Å². The van der Waals surface area contributed by atoms with Crippen LogP contribution in [0.25, 0.3) is 10.1 Å². The fourth-order valence-electron chi connectivity index (χ4n) is 11.3. The summed E-state index contributed by atoms with van der Waals surface area (Å²) in [5.41, 5.74) is 21.8. The highest BCUT2D eigenvalue weighted by atomic mass is 32.1. The smallest absolute Gasteiger partial charge is 0.264 e. The minimum Gasteiger partial charge on any atom is -0.311 e. The number of hydrogen-bond donors (Lipinski definition) is 0. The van der Waals surface area contributed by atoms with Crippen molar-refractivity contribution in [3.63, 3.8) is 0 Å². The van der Waals surface area contributed by atoms with Crippen molar-refractivity contribution in [2.45, 2.75) is 183 Å². The first-order chi connectivity index (χ1) is 29.3. The van der Waals surface area contributed by atoms with Crippen LogP contribution in [0, 0.1) is 6.92 Å². The molecular formula is C60H75BN2S. The van der Waals surface area contributed by atoms with Crippen LogP contribution in [0.5, 0.6) is 0 Å². The molecule has 0 fully saturated rings. The van der Waals surface area contributed by atoms with E-state index >= 15 is 0 Å². The van der Waals surface area contributed by atoms with Crippen LogP contribution < -0.4 is 25.5 Å². The van der Waals surface area contributed by atoms with Crippen LogP contribution in [-0.4, -0.2) is 6.71 Å². The average molecular weight is 867 g/mol. The second-order valence-electron chi connectivity index (χ2n) is 26.5. The molecule has 0 amide bonds. The fraction of sp³-hybridized carbons (Fsp3) is 0.467. The average Bonchev–Trinajstić information content (AvgIpc) is 3.61. The van der Waals surface area contributed by atoms with E-state index in [1.54, 1.807) is 0 Å². The van der Waals surface area contributed by atoms with Crippen molar-refractivity contribution < 1.29 is 0 Å². The van der Waals surface area contributed by atoms with E-state index in [0.717, 1.165) is 6.42 Å². The van der Waals surface area contributed by atoms with Gasteiger partial charge in [0.05, 0.1) is 5.69 Å². The molecule has 0 atom stereocenters. The standard InChI is InChI=1S/C60H75BN2S/c1-35-23-48-51-49(24-35)63(42-29-39(57(11,12)13)26-40(30-42)58(14,15)16)52-43-31-36(54(2,3)4)21-22-50(43)64-53(52)61(51)46-32-44-45(60(19,20)34-59(44,17)18)33-47(46)62(48)41-27-37(55(5,6)7)25-38(28-41)56(8,9)10/h21-33H,34H2,1-20H3. The molecule has 0 radical (unpaired) electrons. The molecule has 5 aromatic carbocycles. The van der Waals surface area contributed by atoms with Gasteiger partial charge in [0, 0.05) is 43.3 Å². The molecule has 0 saturated carbocycles. The number of rotatable bonds is 2. The van der Waals surface area contributed by atoms with Gasteiger partial charge in [-0.15, -0.1) is 11.3 Å². The second-order valence-corrected chi connectivity index (χ2v) is 27.6. The molecule has 1 aliphatic carbocycles. The van der Waals surface area contributed by atoms with Gasteiger partial charge >= 0.3 is 0 Å². The van der Waals surface area contributed by atoms with Crippen LogP contribution in [0.3, 0.4) is 0 Å². The van der Waals surface area contributed by atoms with Crippen molar-refractivity contribution >= 4 is 78.0 Å². The SMILES string of the molecule is Cc1cc2c3c(c1)N(c1cc(C(C)(C)C)cc(C(C)(C)C)c1)c1c(sc4ccc(C(C)(C)C)cc14)B3c1cc3c(cc1N2c1cc(C(C)(C)C)cc(C(C)(C)C)c1)C(C)(C)CC3(C)C. The van der Waals surface area contributed by atoms with Gasteiger partial charge in [-0.3, -0.25) is 0 Å². The number of nitrogens with zero attached hydrogens (tertiary/aromatic N) is 2. The zero-order valence-electron chi connectivity index (χ0n) is 43.1. The molecule has 0 spiro atoms. The lowest BCUT2D eigenvalue weighted by Crippen LogP contribution is -2.60. The van der Waals surface area contributed by atoms with Crippen molar-refractivity contribution in [2.75, 3.05) is 9.80 Å². The molecule has 334 valence electrons. The summed E-state index contributed by atoms with van der Waals surface area (Å²) in [6, 6.07) is 32.7. The van der Waals surface area contributed by atoms with E-state index in [0.29, 0.717) is 0 Å². The Morgan fingerprint density at radius 2 is 0.922 bits per heavy atom. The first-order valence-corrected chi connectivity index (χ1v) is 24.9. The van der Waals surface area contributed by atoms with Crippen molar-refractivity contribution in [3.8, 4) is 0 Å². The zero-order chi connectivity index (χ0) is 46.8. The van der Waals surface area contributed by atoms with Gasteiger partial charge in [0.1, 0.15) is 0 Å². The number of thiophene rings is 1. The highest BCUT2D eigenvalue weighted by molar-refractivity contribution is 7.33. The molecule has 0 N–H and O–H groups in total. The van der Waals surface area contributed by atoms with Crippen LogP contribution in [0.1, 0.15) is 182 Å². The second kappa shape index (κ2) is 13.9. The van der Waals surface area contributed by atoms with Crippen LogP contribution in [-0.2, 0) is 37.9 Å². The third-order valence-electron chi connectivity index (χ3n) is 15.0. The van der Waals surface area contributed by atoms with Gasteiger partial charge in [0.15, 0.2) is 0 Å². The topological polar surface area (TPSA) is 6.48 Å². The maximum Gasteiger partial charge on any atom is 0.264 e. The molecule has 3 heterocycles. The normalized spacial score (nSPS) is 16.8. The lowest BCUT2D eigenvalue weighted by atomic mass is 9.36. The predicted molar refractivity (Wildman–Crippen MR) is 285 cm³/mol. The molecule has 0 unspecified atom stereocenters. The number of fused-ring (bicyclic) bond motifs is 7. The van der Waals surface area contributed by atoms with Crippen LogP contribution in [0.2, 0.25) is 0 Å². The molecular weight excluding hydrogens is 792 g/mol. The number of hydrogen-bond acceptors (Lipinski definition) is 3. The van der Waals surface area contributed by atoms with E-state index in [1.165, 1.54) is 104 Å². The third kappa shape index (κ3) is 7.19. The lowest BCUT2D eigenvalue weighted by Gasteiger charge is -2.44. The Hall–Kier alpha value is -4.28. The summed E-state index contributed by atoms with van der Waals surface area (Å²) in [6.45, 7) is 47.8. The Balaban J connectivity index is 1.47. The molecule has 3 aliphatic rings. The fourth-order valence-corrected chi connectivity index (χ4v) is 12.6. The molecule has 9 rings (SSSR count). The highest BCUT2D eigenvalue weighted by Crippen LogP contribution is 2.54. The lowest BCUT2D eigenvalue weighted by molar-refractivity contribution is 0.403. The maximum absolute atomic E-state index is 2.71. The molecule has 0 bridgehead atoms. The Morgan fingerprint density at radius 1 is 0.484 bits per heavy atom. The molecule has 2 aliphatic heterocycles. The minimum atomic E-state index is -0.0289. The van der Waals surface area contributed by atoms with Gasteiger partial charge in [-0.05, 0) is 161 Å². The summed E-state index contributed by atoms with van der Waals surface area (Å²) in [5, 5.41) is 1.36. The Kier molecular flexibility index (Phi) is 9.74. The largest absolute Gasteiger partial charge is 0.311 e. The molecule has 64 heavy (non-hydrogen) atoms. The highest BCUT2D eigenvalue weighted by Gasteiger charge is 2.49.